The van der Waals surface area contributed by atoms with Gasteiger partial charge in [-0.2, -0.15) is 8.78 Å². The van der Waals surface area contributed by atoms with Crippen LogP contribution in [0.25, 0.3) is 11.1 Å². The third-order valence-corrected chi connectivity index (χ3v) is 6.28. The van der Waals surface area contributed by atoms with Crippen LogP contribution in [-0.2, 0) is 6.11 Å². The molecule has 1 fully saturated rings. The Morgan fingerprint density at radius 3 is 1.97 bits per heavy atom. The molecule has 0 spiro atoms. The number of ether oxygens (including phenoxy) is 1. The highest BCUT2D eigenvalue weighted by Gasteiger charge is 2.38. The van der Waals surface area contributed by atoms with Crippen molar-refractivity contribution in [2.75, 3.05) is 0 Å². The van der Waals surface area contributed by atoms with Gasteiger partial charge in [0.05, 0.1) is 5.56 Å². The Hall–Kier alpha value is -2.75. The lowest BCUT2D eigenvalue weighted by molar-refractivity contribution is -0.187. The summed E-state index contributed by atoms with van der Waals surface area (Å²) in [6, 6.07) is 18.4. The van der Waals surface area contributed by atoms with Crippen molar-refractivity contribution >= 4 is 0 Å². The van der Waals surface area contributed by atoms with Crippen molar-refractivity contribution in [3.05, 3.63) is 89.2 Å². The van der Waals surface area contributed by atoms with Gasteiger partial charge in [-0.05, 0) is 72.6 Å². The third-order valence-electron chi connectivity index (χ3n) is 6.28. The fourth-order valence-corrected chi connectivity index (χ4v) is 4.28. The molecular weight excluding hydrogens is 397 g/mol. The second kappa shape index (κ2) is 8.78. The summed E-state index contributed by atoms with van der Waals surface area (Å²) in [4.78, 5) is 0. The predicted molar refractivity (Wildman–Crippen MR) is 118 cm³/mol. The Kier molecular flexibility index (Phi) is 6.08. The van der Waals surface area contributed by atoms with E-state index >= 15 is 0 Å². The van der Waals surface area contributed by atoms with Crippen LogP contribution in [0.3, 0.4) is 0 Å². The van der Waals surface area contributed by atoms with E-state index in [2.05, 4.69) is 6.92 Å². The number of hydrogen-bond donors (Lipinski definition) is 0. The van der Waals surface area contributed by atoms with Gasteiger partial charge in [0.25, 0.3) is 0 Å². The number of hydrogen-bond acceptors (Lipinski definition) is 1. The number of alkyl halides is 2. The molecule has 0 atom stereocenters. The minimum absolute atomic E-state index is 0.00870. The molecule has 0 heterocycles. The summed E-state index contributed by atoms with van der Waals surface area (Å²) in [6.45, 7) is 4.22. The topological polar surface area (TPSA) is 9.23 Å². The molecule has 0 unspecified atom stereocenters. The van der Waals surface area contributed by atoms with E-state index in [-0.39, 0.29) is 11.7 Å². The molecule has 0 N–H and O–H groups in total. The first kappa shape index (κ1) is 21.5. The van der Waals surface area contributed by atoms with Crippen molar-refractivity contribution in [3.8, 4) is 16.9 Å². The predicted octanol–water partition coefficient (Wildman–Crippen LogP) is 8.22. The molecule has 1 saturated carbocycles. The van der Waals surface area contributed by atoms with E-state index in [1.165, 1.54) is 24.3 Å². The summed E-state index contributed by atoms with van der Waals surface area (Å²) in [5.41, 5.74) is 3.10. The van der Waals surface area contributed by atoms with Gasteiger partial charge < -0.3 is 4.74 Å². The SMILES string of the molecule is Cc1ccc(-c2ccc(OC(F)(F)c3ccc(C4CCC(C)CC4)cc3F)cc2)cc1. The average molecular weight is 425 g/mol. The fraction of sp³-hybridized carbons (Fsp3) is 0.333. The Balaban J connectivity index is 1.48. The van der Waals surface area contributed by atoms with Crippen molar-refractivity contribution in [2.24, 2.45) is 5.92 Å². The van der Waals surface area contributed by atoms with Gasteiger partial charge in [0.2, 0.25) is 0 Å². The highest BCUT2D eigenvalue weighted by atomic mass is 19.3. The van der Waals surface area contributed by atoms with E-state index in [1.54, 1.807) is 18.2 Å². The smallest absolute Gasteiger partial charge is 0.429 e. The molecule has 0 aromatic heterocycles. The van der Waals surface area contributed by atoms with Gasteiger partial charge in [-0.1, -0.05) is 67.8 Å². The van der Waals surface area contributed by atoms with Crippen molar-refractivity contribution in [1.29, 1.82) is 0 Å². The lowest BCUT2D eigenvalue weighted by atomic mass is 9.79. The summed E-state index contributed by atoms with van der Waals surface area (Å²) in [7, 11) is 0. The molecule has 162 valence electrons. The van der Waals surface area contributed by atoms with Crippen molar-refractivity contribution in [3.63, 3.8) is 0 Å². The quantitative estimate of drug-likeness (QED) is 0.401. The maximum atomic E-state index is 14.7. The minimum atomic E-state index is -3.75. The summed E-state index contributed by atoms with van der Waals surface area (Å²) >= 11 is 0. The average Bonchev–Trinajstić information content (AvgIpc) is 2.75. The second-order valence-corrected chi connectivity index (χ2v) is 8.71. The monoisotopic (exact) mass is 424 g/mol. The van der Waals surface area contributed by atoms with Crippen LogP contribution in [0, 0.1) is 18.7 Å². The Morgan fingerprint density at radius 1 is 0.806 bits per heavy atom. The third kappa shape index (κ3) is 4.95. The lowest BCUT2D eigenvalue weighted by Gasteiger charge is -2.27. The second-order valence-electron chi connectivity index (χ2n) is 8.71. The van der Waals surface area contributed by atoms with Crippen LogP contribution in [-0.4, -0.2) is 0 Å². The van der Waals surface area contributed by atoms with E-state index in [1.807, 2.05) is 31.2 Å². The Morgan fingerprint density at radius 2 is 1.39 bits per heavy atom. The van der Waals surface area contributed by atoms with E-state index in [9.17, 15) is 13.2 Å². The van der Waals surface area contributed by atoms with Gasteiger partial charge in [0, 0.05) is 0 Å². The molecular formula is C27H27F3O. The van der Waals surface area contributed by atoms with E-state index in [0.717, 1.165) is 47.9 Å². The molecule has 0 saturated heterocycles. The molecule has 31 heavy (non-hydrogen) atoms. The van der Waals surface area contributed by atoms with Crippen LogP contribution in [0.2, 0.25) is 0 Å². The molecule has 0 radical (unpaired) electrons. The van der Waals surface area contributed by atoms with Crippen LogP contribution in [0.5, 0.6) is 5.75 Å². The van der Waals surface area contributed by atoms with E-state index in [4.69, 9.17) is 4.74 Å². The summed E-state index contributed by atoms with van der Waals surface area (Å²) in [5.74, 6) is -0.0119. The molecule has 0 bridgehead atoms. The van der Waals surface area contributed by atoms with Gasteiger partial charge in [-0.15, -0.1) is 0 Å². The molecule has 0 aliphatic heterocycles. The highest BCUT2D eigenvalue weighted by molar-refractivity contribution is 5.64. The van der Waals surface area contributed by atoms with Crippen molar-refractivity contribution in [2.45, 2.75) is 51.6 Å². The zero-order valence-electron chi connectivity index (χ0n) is 17.9. The molecule has 4 heteroatoms. The highest BCUT2D eigenvalue weighted by Crippen LogP contribution is 2.39. The number of halogens is 3. The number of benzene rings is 3. The van der Waals surface area contributed by atoms with Crippen LogP contribution in [0.1, 0.15) is 55.2 Å². The van der Waals surface area contributed by atoms with Crippen LogP contribution in [0.15, 0.2) is 66.7 Å². The van der Waals surface area contributed by atoms with E-state index < -0.39 is 17.5 Å². The fourth-order valence-electron chi connectivity index (χ4n) is 4.28. The Bertz CT molecular complexity index is 1020. The largest absolute Gasteiger partial charge is 0.429 e. The van der Waals surface area contributed by atoms with Gasteiger partial charge >= 0.3 is 6.11 Å². The summed E-state index contributed by atoms with van der Waals surface area (Å²) < 4.78 is 49.0. The molecule has 1 nitrogen and oxygen atoms in total. The van der Waals surface area contributed by atoms with E-state index in [0.29, 0.717) is 5.92 Å². The molecule has 3 aromatic carbocycles. The van der Waals surface area contributed by atoms with Gasteiger partial charge in [-0.25, -0.2) is 4.39 Å². The van der Waals surface area contributed by atoms with Crippen molar-refractivity contribution < 1.29 is 17.9 Å². The lowest BCUT2D eigenvalue weighted by Crippen LogP contribution is -2.23. The Labute approximate surface area is 181 Å². The van der Waals surface area contributed by atoms with Crippen LogP contribution in [0.4, 0.5) is 13.2 Å². The molecule has 4 rings (SSSR count). The molecule has 1 aliphatic rings. The van der Waals surface area contributed by atoms with Crippen LogP contribution >= 0.6 is 0 Å². The van der Waals surface area contributed by atoms with Crippen LogP contribution < -0.4 is 4.74 Å². The maximum absolute atomic E-state index is 14.7. The minimum Gasteiger partial charge on any atom is -0.429 e. The first-order chi connectivity index (χ1) is 14.8. The summed E-state index contributed by atoms with van der Waals surface area (Å²) in [6.07, 6.45) is 0.368. The van der Waals surface area contributed by atoms with Gasteiger partial charge in [0.1, 0.15) is 11.6 Å². The molecule has 3 aromatic rings. The number of aryl methyl sites for hydroxylation is 1. The summed E-state index contributed by atoms with van der Waals surface area (Å²) in [5, 5.41) is 0. The first-order valence-electron chi connectivity index (χ1n) is 10.9. The maximum Gasteiger partial charge on any atom is 0.429 e. The van der Waals surface area contributed by atoms with Gasteiger partial charge in [0.15, 0.2) is 0 Å². The standard InChI is InChI=1S/C27H27F3O/c1-18-3-7-20(8-4-18)21-11-14-24(15-12-21)31-27(29,30)25-16-13-23(17-26(25)28)22-9-5-19(2)6-10-22/h3-4,7-8,11-17,19,22H,5-6,9-10H2,1-2H3. The zero-order valence-corrected chi connectivity index (χ0v) is 17.9. The first-order valence-corrected chi connectivity index (χ1v) is 10.9. The molecule has 1 aliphatic carbocycles. The zero-order chi connectivity index (χ0) is 22.0. The normalized spacial score (nSPS) is 19.3. The van der Waals surface area contributed by atoms with Crippen molar-refractivity contribution in [1.82, 2.24) is 0 Å². The molecule has 0 amide bonds. The van der Waals surface area contributed by atoms with Gasteiger partial charge in [-0.3, -0.25) is 0 Å². The number of rotatable bonds is 5.